The summed E-state index contributed by atoms with van der Waals surface area (Å²) in [5, 5.41) is 23.9. The zero-order chi connectivity index (χ0) is 13.3. The van der Waals surface area contributed by atoms with E-state index in [4.69, 9.17) is 5.26 Å². The molecule has 0 bridgehead atoms. The topological polar surface area (TPSA) is 98.8 Å². The van der Waals surface area contributed by atoms with Crippen molar-refractivity contribution in [2.24, 2.45) is 0 Å². The number of hydrogen-bond donors (Lipinski definition) is 0. The summed E-state index contributed by atoms with van der Waals surface area (Å²) in [6.07, 6.45) is 0. The van der Waals surface area contributed by atoms with Crippen LogP contribution >= 0.6 is 0 Å². The molecule has 0 spiro atoms. The van der Waals surface area contributed by atoms with E-state index in [0.29, 0.717) is 0 Å². The maximum atomic E-state index is 12.0. The number of carboxylic acids is 1. The second-order valence-electron chi connectivity index (χ2n) is 3.74. The number of aromatic carboxylic acids is 1. The fourth-order valence-electron chi connectivity index (χ4n) is 1.67. The lowest BCUT2D eigenvalue weighted by molar-refractivity contribution is -0.255. The lowest BCUT2D eigenvalue weighted by Gasteiger charge is -2.12. The zero-order valence-corrected chi connectivity index (χ0v) is 9.45. The van der Waals surface area contributed by atoms with Gasteiger partial charge in [-0.15, -0.1) is 0 Å². The van der Waals surface area contributed by atoms with E-state index < -0.39 is 17.6 Å². The number of nitrogens with zero attached hydrogens (tertiary/aromatic N) is 3. The summed E-state index contributed by atoms with van der Waals surface area (Å²) in [7, 11) is 0. The van der Waals surface area contributed by atoms with Crippen molar-refractivity contribution < 1.29 is 9.90 Å². The van der Waals surface area contributed by atoms with Crippen LogP contribution in [0.15, 0.2) is 29.1 Å². The summed E-state index contributed by atoms with van der Waals surface area (Å²) in [5.41, 5.74) is -0.836. The van der Waals surface area contributed by atoms with Gasteiger partial charge in [-0.3, -0.25) is 4.79 Å². The summed E-state index contributed by atoms with van der Waals surface area (Å²) < 4.78 is 0.855. The van der Waals surface area contributed by atoms with Crippen molar-refractivity contribution in [3.05, 3.63) is 40.3 Å². The fraction of sp³-hybridized carbons (Fsp3) is 0.167. The molecule has 1 heterocycles. The first-order chi connectivity index (χ1) is 8.56. The Balaban J connectivity index is 2.93. The molecule has 2 rings (SSSR count). The highest BCUT2D eigenvalue weighted by Gasteiger charge is 2.14. The van der Waals surface area contributed by atoms with E-state index in [2.05, 4.69) is 5.10 Å². The number of rotatable bonds is 2. The van der Waals surface area contributed by atoms with Crippen molar-refractivity contribution in [2.75, 3.05) is 0 Å². The van der Waals surface area contributed by atoms with Crippen molar-refractivity contribution in [3.63, 3.8) is 0 Å². The predicted molar refractivity (Wildman–Crippen MR) is 60.7 cm³/mol. The van der Waals surface area contributed by atoms with Gasteiger partial charge in [0.15, 0.2) is 0 Å². The second-order valence-corrected chi connectivity index (χ2v) is 3.74. The highest BCUT2D eigenvalue weighted by molar-refractivity contribution is 6.00. The van der Waals surface area contributed by atoms with Crippen LogP contribution < -0.4 is 10.7 Å². The molecule has 0 fully saturated rings. The monoisotopic (exact) mass is 242 g/mol. The first kappa shape index (κ1) is 11.8. The Hall–Kier alpha value is -2.68. The van der Waals surface area contributed by atoms with Gasteiger partial charge in [-0.2, -0.15) is 10.4 Å². The number of fused-ring (bicyclic) bond motifs is 1. The summed E-state index contributed by atoms with van der Waals surface area (Å²) in [4.78, 5) is 23.1. The van der Waals surface area contributed by atoms with Crippen LogP contribution in [0.3, 0.4) is 0 Å². The molecule has 0 saturated heterocycles. The van der Waals surface area contributed by atoms with Gasteiger partial charge in [0.25, 0.3) is 5.56 Å². The average Bonchev–Trinajstić information content (AvgIpc) is 2.38. The minimum atomic E-state index is -1.48. The third-order valence-corrected chi connectivity index (χ3v) is 2.58. The first-order valence-corrected chi connectivity index (χ1v) is 5.18. The zero-order valence-electron chi connectivity index (χ0n) is 9.45. The average molecular weight is 242 g/mol. The summed E-state index contributed by atoms with van der Waals surface area (Å²) >= 11 is 0. The normalized spacial score (nSPS) is 12.0. The molecule has 1 atom stereocenters. The van der Waals surface area contributed by atoms with E-state index in [1.807, 2.05) is 6.07 Å². The van der Waals surface area contributed by atoms with Crippen LogP contribution in [0.2, 0.25) is 0 Å². The number of carbonyl (C=O) groups is 1. The molecule has 18 heavy (non-hydrogen) atoms. The molecule has 0 amide bonds. The van der Waals surface area contributed by atoms with Gasteiger partial charge < -0.3 is 9.90 Å². The van der Waals surface area contributed by atoms with E-state index in [1.165, 1.54) is 19.1 Å². The minimum Gasteiger partial charge on any atom is -0.543 e. The van der Waals surface area contributed by atoms with Gasteiger partial charge in [0.2, 0.25) is 0 Å². The molecule has 6 heteroatoms. The van der Waals surface area contributed by atoms with E-state index in [9.17, 15) is 14.7 Å². The van der Waals surface area contributed by atoms with Gasteiger partial charge in [-0.05, 0) is 13.0 Å². The van der Waals surface area contributed by atoms with Crippen molar-refractivity contribution in [1.29, 1.82) is 5.26 Å². The van der Waals surface area contributed by atoms with Crippen LogP contribution in [0.4, 0.5) is 0 Å². The maximum Gasteiger partial charge on any atom is 0.275 e. The van der Waals surface area contributed by atoms with Crippen LogP contribution in [0.5, 0.6) is 0 Å². The Labute approximate surface area is 102 Å². The molecular weight excluding hydrogens is 234 g/mol. The molecule has 1 aromatic heterocycles. The third-order valence-electron chi connectivity index (χ3n) is 2.58. The van der Waals surface area contributed by atoms with Crippen LogP contribution in [0.25, 0.3) is 10.8 Å². The van der Waals surface area contributed by atoms with Crippen molar-refractivity contribution in [3.8, 4) is 6.07 Å². The number of hydrogen-bond acceptors (Lipinski definition) is 5. The molecule has 2 aromatic rings. The molecule has 0 aliphatic carbocycles. The SMILES string of the molecule is C[C@@H](C#N)n1nc(C(=O)[O-])c2ccccc2c1=O. The van der Waals surface area contributed by atoms with Gasteiger partial charge >= 0.3 is 0 Å². The van der Waals surface area contributed by atoms with E-state index in [-0.39, 0.29) is 16.5 Å². The molecule has 0 unspecified atom stereocenters. The van der Waals surface area contributed by atoms with Gasteiger partial charge in [0, 0.05) is 5.39 Å². The number of benzene rings is 1. The molecular formula is C12H8N3O3-. The van der Waals surface area contributed by atoms with E-state index in [1.54, 1.807) is 12.1 Å². The van der Waals surface area contributed by atoms with Gasteiger partial charge in [-0.1, -0.05) is 18.2 Å². The standard InChI is InChI=1S/C12H9N3O3/c1-7(6-13)15-11(16)9-5-3-2-4-8(9)10(14-15)12(17)18/h2-5,7H,1H3,(H,17,18)/p-1/t7-/m0/s1. The van der Waals surface area contributed by atoms with Crippen LogP contribution in [0, 0.1) is 11.3 Å². The molecule has 1 aromatic carbocycles. The summed E-state index contributed by atoms with van der Waals surface area (Å²) in [5.74, 6) is -1.48. The Kier molecular flexibility index (Phi) is 2.81. The summed E-state index contributed by atoms with van der Waals surface area (Å²) in [6, 6.07) is 7.19. The second kappa shape index (κ2) is 4.30. The first-order valence-electron chi connectivity index (χ1n) is 5.18. The molecule has 0 saturated carbocycles. The number of aromatic nitrogens is 2. The lowest BCUT2D eigenvalue weighted by atomic mass is 10.1. The lowest BCUT2D eigenvalue weighted by Crippen LogP contribution is -2.32. The quantitative estimate of drug-likeness (QED) is 0.728. The number of carbonyl (C=O) groups excluding carboxylic acids is 1. The molecule has 0 aliphatic heterocycles. The summed E-state index contributed by atoms with van der Waals surface area (Å²) in [6.45, 7) is 1.46. The number of nitriles is 1. The molecule has 6 nitrogen and oxygen atoms in total. The van der Waals surface area contributed by atoms with Gasteiger partial charge in [0.1, 0.15) is 11.7 Å². The Bertz CT molecular complexity index is 727. The number of carboxylic acid groups (broad SMARTS) is 1. The van der Waals surface area contributed by atoms with Gasteiger partial charge in [0.05, 0.1) is 17.4 Å². The Morgan fingerprint density at radius 1 is 1.44 bits per heavy atom. The minimum absolute atomic E-state index is 0.203. The molecule has 0 radical (unpaired) electrons. The predicted octanol–water partition coefficient (Wildman–Crippen LogP) is -0.155. The van der Waals surface area contributed by atoms with E-state index >= 15 is 0 Å². The van der Waals surface area contributed by atoms with Crippen LogP contribution in [-0.2, 0) is 0 Å². The molecule has 0 aliphatic rings. The van der Waals surface area contributed by atoms with Crippen LogP contribution in [-0.4, -0.2) is 15.7 Å². The van der Waals surface area contributed by atoms with E-state index in [0.717, 1.165) is 4.68 Å². The third kappa shape index (κ3) is 1.72. The highest BCUT2D eigenvalue weighted by atomic mass is 16.4. The van der Waals surface area contributed by atoms with Crippen molar-refractivity contribution in [1.82, 2.24) is 9.78 Å². The van der Waals surface area contributed by atoms with Crippen molar-refractivity contribution in [2.45, 2.75) is 13.0 Å². The van der Waals surface area contributed by atoms with Crippen LogP contribution in [0.1, 0.15) is 23.5 Å². The fourth-order valence-corrected chi connectivity index (χ4v) is 1.67. The molecule has 0 N–H and O–H groups in total. The maximum absolute atomic E-state index is 12.0. The molecule has 90 valence electrons. The Morgan fingerprint density at radius 2 is 2.06 bits per heavy atom. The Morgan fingerprint density at radius 3 is 2.61 bits per heavy atom. The highest BCUT2D eigenvalue weighted by Crippen LogP contribution is 2.13. The smallest absolute Gasteiger partial charge is 0.275 e. The van der Waals surface area contributed by atoms with Gasteiger partial charge in [-0.25, -0.2) is 4.68 Å². The van der Waals surface area contributed by atoms with Crippen molar-refractivity contribution >= 4 is 16.7 Å². The largest absolute Gasteiger partial charge is 0.543 e.